The van der Waals surface area contributed by atoms with Crippen molar-refractivity contribution in [3.05, 3.63) is 23.8 Å². The molecule has 0 saturated heterocycles. The van der Waals surface area contributed by atoms with Crippen LogP contribution in [0.15, 0.2) is 18.2 Å². The fourth-order valence-corrected chi connectivity index (χ4v) is 1.54. The highest BCUT2D eigenvalue weighted by atomic mass is 16.4. The number of aromatic hydroxyl groups is 2. The van der Waals surface area contributed by atoms with Crippen LogP contribution in [0.5, 0.6) is 11.5 Å². The van der Waals surface area contributed by atoms with E-state index in [1.54, 1.807) is 13.1 Å². The predicted octanol–water partition coefficient (Wildman–Crippen LogP) is 0.208. The maximum absolute atomic E-state index is 11.2. The summed E-state index contributed by atoms with van der Waals surface area (Å²) >= 11 is 0. The zero-order chi connectivity index (χ0) is 13.1. The number of benzene rings is 1. The summed E-state index contributed by atoms with van der Waals surface area (Å²) in [5.41, 5.74) is 4.65. The Morgan fingerprint density at radius 1 is 1.35 bits per heavy atom. The summed E-state index contributed by atoms with van der Waals surface area (Å²) in [5.74, 6) is -1.51. The molecule has 0 amide bonds. The molecule has 0 bridgehead atoms. The molecule has 94 valence electrons. The third-order valence-electron chi connectivity index (χ3n) is 2.47. The normalized spacial score (nSPS) is 14.2. The first-order valence-electron chi connectivity index (χ1n) is 5.07. The van der Waals surface area contributed by atoms with Crippen molar-refractivity contribution < 1.29 is 20.1 Å². The third kappa shape index (κ3) is 3.08. The molecule has 0 heterocycles. The number of rotatable bonds is 5. The second kappa shape index (κ2) is 5.03. The van der Waals surface area contributed by atoms with E-state index in [4.69, 9.17) is 10.2 Å². The molecular formula is C11H16N2O4. The van der Waals surface area contributed by atoms with Crippen LogP contribution in [0, 0.1) is 0 Å². The van der Waals surface area contributed by atoms with E-state index in [1.807, 2.05) is 0 Å². The van der Waals surface area contributed by atoms with E-state index >= 15 is 0 Å². The lowest BCUT2D eigenvalue weighted by Gasteiger charge is -2.25. The van der Waals surface area contributed by atoms with Crippen LogP contribution in [-0.2, 0) is 11.2 Å². The van der Waals surface area contributed by atoms with Crippen LogP contribution in [0.1, 0.15) is 12.5 Å². The van der Waals surface area contributed by atoms with Gasteiger partial charge in [0.1, 0.15) is 5.54 Å². The van der Waals surface area contributed by atoms with Crippen LogP contribution >= 0.6 is 0 Å². The van der Waals surface area contributed by atoms with Gasteiger partial charge in [0.15, 0.2) is 11.5 Å². The molecule has 1 rings (SSSR count). The number of nitrogens with one attached hydrogen (secondary N) is 2. The maximum Gasteiger partial charge on any atom is 0.325 e. The molecule has 0 aliphatic carbocycles. The summed E-state index contributed by atoms with van der Waals surface area (Å²) in [6.45, 7) is 1.52. The lowest BCUT2D eigenvalue weighted by molar-refractivity contribution is -0.144. The van der Waals surface area contributed by atoms with E-state index in [-0.39, 0.29) is 17.9 Å². The van der Waals surface area contributed by atoms with Gasteiger partial charge in [-0.15, -0.1) is 0 Å². The standard InChI is InChI=1S/C11H16N2O4/c1-11(10(16)17,13-12-2)6-7-3-4-8(14)9(15)5-7/h3-5,12-15H,6H2,1-2H3,(H,16,17). The number of aliphatic carboxylic acids is 1. The number of hydrogen-bond acceptors (Lipinski definition) is 5. The van der Waals surface area contributed by atoms with Crippen LogP contribution in [-0.4, -0.2) is 33.9 Å². The molecule has 1 unspecified atom stereocenters. The molecule has 5 N–H and O–H groups in total. The minimum Gasteiger partial charge on any atom is -0.504 e. The number of hydrazine groups is 1. The molecule has 0 saturated carbocycles. The number of carboxylic acids is 1. The van der Waals surface area contributed by atoms with E-state index in [1.165, 1.54) is 19.1 Å². The Hall–Kier alpha value is -1.79. The number of hydrogen-bond donors (Lipinski definition) is 5. The van der Waals surface area contributed by atoms with E-state index in [9.17, 15) is 9.90 Å². The second-order valence-electron chi connectivity index (χ2n) is 4.01. The van der Waals surface area contributed by atoms with E-state index in [2.05, 4.69) is 10.9 Å². The SMILES string of the molecule is CNNC(C)(Cc1ccc(O)c(O)c1)C(=O)O. The molecule has 1 aromatic rings. The molecule has 0 aliphatic heterocycles. The molecule has 6 nitrogen and oxygen atoms in total. The molecule has 0 radical (unpaired) electrons. The molecule has 1 atom stereocenters. The largest absolute Gasteiger partial charge is 0.504 e. The molecule has 0 spiro atoms. The van der Waals surface area contributed by atoms with Crippen LogP contribution in [0.3, 0.4) is 0 Å². The lowest BCUT2D eigenvalue weighted by atomic mass is 9.93. The number of phenolic OH excluding ortho intramolecular Hbond substituents is 2. The molecule has 1 aromatic carbocycles. The maximum atomic E-state index is 11.2. The second-order valence-corrected chi connectivity index (χ2v) is 4.01. The monoisotopic (exact) mass is 240 g/mol. The van der Waals surface area contributed by atoms with Crippen molar-refractivity contribution in [1.82, 2.24) is 10.9 Å². The van der Waals surface area contributed by atoms with Crippen LogP contribution in [0.4, 0.5) is 0 Å². The topological polar surface area (TPSA) is 102 Å². The van der Waals surface area contributed by atoms with Gasteiger partial charge in [-0.25, -0.2) is 5.43 Å². The Labute approximate surface area is 98.9 Å². The van der Waals surface area contributed by atoms with Gasteiger partial charge >= 0.3 is 5.97 Å². The molecule has 0 fully saturated rings. The van der Waals surface area contributed by atoms with Crippen molar-refractivity contribution in [3.8, 4) is 11.5 Å². The average molecular weight is 240 g/mol. The first-order chi connectivity index (χ1) is 7.89. The first kappa shape index (κ1) is 13.3. The molecule has 17 heavy (non-hydrogen) atoms. The Morgan fingerprint density at radius 2 is 2.00 bits per heavy atom. The molecule has 0 aromatic heterocycles. The number of carbonyl (C=O) groups is 1. The van der Waals surface area contributed by atoms with Gasteiger partial charge < -0.3 is 15.3 Å². The average Bonchev–Trinajstić information content (AvgIpc) is 2.23. The van der Waals surface area contributed by atoms with Crippen LogP contribution in [0.2, 0.25) is 0 Å². The van der Waals surface area contributed by atoms with Gasteiger partial charge in [-0.3, -0.25) is 10.2 Å². The van der Waals surface area contributed by atoms with Gasteiger partial charge in [-0.2, -0.15) is 0 Å². The Bertz CT molecular complexity index is 422. The zero-order valence-corrected chi connectivity index (χ0v) is 9.69. The van der Waals surface area contributed by atoms with Gasteiger partial charge in [0, 0.05) is 6.42 Å². The Kier molecular flexibility index (Phi) is 3.93. The van der Waals surface area contributed by atoms with Gasteiger partial charge in [-0.1, -0.05) is 6.07 Å². The molecule has 0 aliphatic rings. The summed E-state index contributed by atoms with van der Waals surface area (Å²) in [4.78, 5) is 11.2. The highest BCUT2D eigenvalue weighted by Crippen LogP contribution is 2.26. The minimum absolute atomic E-state index is 0.164. The lowest BCUT2D eigenvalue weighted by Crippen LogP contribution is -2.55. The predicted molar refractivity (Wildman–Crippen MR) is 61.7 cm³/mol. The summed E-state index contributed by atoms with van der Waals surface area (Å²) in [6.07, 6.45) is 0.164. The van der Waals surface area contributed by atoms with Gasteiger partial charge in [-0.05, 0) is 31.7 Å². The van der Waals surface area contributed by atoms with Crippen LogP contribution in [0.25, 0.3) is 0 Å². The van der Waals surface area contributed by atoms with Crippen molar-refractivity contribution >= 4 is 5.97 Å². The van der Waals surface area contributed by atoms with E-state index in [0.717, 1.165) is 0 Å². The highest BCUT2D eigenvalue weighted by Gasteiger charge is 2.32. The smallest absolute Gasteiger partial charge is 0.325 e. The van der Waals surface area contributed by atoms with E-state index in [0.29, 0.717) is 5.56 Å². The molecule has 6 heteroatoms. The summed E-state index contributed by atoms with van der Waals surface area (Å²) < 4.78 is 0. The number of phenols is 2. The third-order valence-corrected chi connectivity index (χ3v) is 2.47. The Balaban J connectivity index is 2.94. The fourth-order valence-electron chi connectivity index (χ4n) is 1.54. The number of carboxylic acid groups (broad SMARTS) is 1. The van der Waals surface area contributed by atoms with Gasteiger partial charge in [0.2, 0.25) is 0 Å². The fraction of sp³-hybridized carbons (Fsp3) is 0.364. The van der Waals surface area contributed by atoms with Crippen LogP contribution < -0.4 is 10.9 Å². The van der Waals surface area contributed by atoms with Crippen molar-refractivity contribution in [2.45, 2.75) is 18.9 Å². The molecular weight excluding hydrogens is 224 g/mol. The summed E-state index contributed by atoms with van der Waals surface area (Å²) in [6, 6.07) is 4.23. The van der Waals surface area contributed by atoms with Crippen molar-refractivity contribution in [2.24, 2.45) is 0 Å². The van der Waals surface area contributed by atoms with Gasteiger partial charge in [0.25, 0.3) is 0 Å². The zero-order valence-electron chi connectivity index (χ0n) is 9.69. The summed E-state index contributed by atoms with van der Waals surface area (Å²) in [5, 5.41) is 27.6. The first-order valence-corrected chi connectivity index (χ1v) is 5.07. The van der Waals surface area contributed by atoms with Crippen molar-refractivity contribution in [3.63, 3.8) is 0 Å². The summed E-state index contributed by atoms with van der Waals surface area (Å²) in [7, 11) is 1.58. The van der Waals surface area contributed by atoms with Gasteiger partial charge in [0.05, 0.1) is 0 Å². The minimum atomic E-state index is -1.20. The van der Waals surface area contributed by atoms with E-state index < -0.39 is 11.5 Å². The Morgan fingerprint density at radius 3 is 2.47 bits per heavy atom. The highest BCUT2D eigenvalue weighted by molar-refractivity contribution is 5.78. The quantitative estimate of drug-likeness (QED) is 0.372. The van der Waals surface area contributed by atoms with Crippen molar-refractivity contribution in [2.75, 3.05) is 7.05 Å². The van der Waals surface area contributed by atoms with Crippen molar-refractivity contribution in [1.29, 1.82) is 0 Å².